The molecule has 8 unspecified atom stereocenters. The van der Waals surface area contributed by atoms with E-state index in [1.807, 2.05) is 46.9 Å². The number of carbonyl (C=O) groups is 4. The molecule has 0 saturated carbocycles. The molecule has 4 aliphatic rings. The maximum absolute atomic E-state index is 14.3. The maximum Gasteiger partial charge on any atom is 0.263 e. The quantitative estimate of drug-likeness (QED) is 0.0211. The summed E-state index contributed by atoms with van der Waals surface area (Å²) in [5.74, 6) is 1.85. The molecule has 12 heterocycles. The van der Waals surface area contributed by atoms with Crippen molar-refractivity contribution in [3.8, 4) is 48.8 Å². The van der Waals surface area contributed by atoms with Gasteiger partial charge in [-0.25, -0.2) is 0 Å². The van der Waals surface area contributed by atoms with E-state index in [9.17, 15) is 19.2 Å². The summed E-state index contributed by atoms with van der Waals surface area (Å²) in [5.41, 5.74) is 7.78. The first-order valence-corrected chi connectivity index (χ1v) is 78.1. The Morgan fingerprint density at radius 2 is 0.617 bits per heavy atom. The normalized spacial score (nSPS) is 16.9. The van der Waals surface area contributed by atoms with Crippen LogP contribution >= 0.6 is 145 Å². The number of halogens is 2. The number of thiophene rings is 10. The van der Waals surface area contributed by atoms with Crippen molar-refractivity contribution in [1.29, 1.82) is 0 Å². The molecule has 698 valence electrons. The second kappa shape index (κ2) is 49.8. The smallest absolute Gasteiger partial charge is 0.263 e. The van der Waals surface area contributed by atoms with E-state index < -0.39 is 36.8 Å². The Morgan fingerprint density at radius 1 is 0.312 bits per heavy atom. The standard InChI is InChI=1S/C50H65NO4S5.C26H38O2S2.C22H21Br2NO2S3.6CH3.2Sn/c1-8-13-16-17-18-19-26-51-49(52)41-42(50(51)53)48(60-47(41)38-23-22-31(6)56-38)39-25-24-37(58-39)40-28-36-44(55-30-34(12-5)21-15-10-3)45-35(27-32(7)57-45)43(46(36)59-40)54-29-33(11-4)20-14-9-2;1-5-9-11-19(7-3)17-27-23-21-13-15-30-26(21)24(22-14-16-29-25(22)23)28-18-20(8-4)12-10-6-2;1-2-3-4-5-6-7-12-25-21(26)17-18(22(25)27)20(14-9-11-16(24)29-14)30-19(17)13-8-10-15(23)28-13;;;;;;;;/h22-25,27-28,33-34,43-44H,8-21,26,29-30H2,1-7H3;13-14,19-20,23-24H,5-12,17-18H2,1-4H3;8-11H,2-7,12H2,1H3;6*1H3;;. The topological polar surface area (TPSA) is 112 Å². The van der Waals surface area contributed by atoms with Gasteiger partial charge in [-0.05, 0) is 144 Å². The summed E-state index contributed by atoms with van der Waals surface area (Å²) >= 11 is 20.2. The minimum atomic E-state index is -2.25. The van der Waals surface area contributed by atoms with Crippen LogP contribution in [0.25, 0.3) is 48.8 Å². The largest absolute Gasteiger partial charge is 0.368 e. The minimum absolute atomic E-state index is 0.0867. The Labute approximate surface area is 832 Å². The fourth-order valence-electron chi connectivity index (χ4n) is 17.7. The fourth-order valence-corrected chi connectivity index (χ4v) is 40.9. The van der Waals surface area contributed by atoms with E-state index in [1.54, 1.807) is 73.8 Å². The van der Waals surface area contributed by atoms with Crippen LogP contribution in [-0.4, -0.2) is 110 Å². The summed E-state index contributed by atoms with van der Waals surface area (Å²) in [6.45, 7) is 31.4. The van der Waals surface area contributed by atoms with Crippen molar-refractivity contribution in [2.24, 2.45) is 23.7 Å². The first-order chi connectivity index (χ1) is 61.6. The first-order valence-electron chi connectivity index (χ1n) is 48.4. The molecule has 2 aliphatic heterocycles. The Kier molecular flexibility index (Phi) is 40.7. The van der Waals surface area contributed by atoms with Crippen molar-refractivity contribution in [2.75, 3.05) is 39.5 Å². The minimum Gasteiger partial charge on any atom is -0.368 e. The van der Waals surface area contributed by atoms with Crippen molar-refractivity contribution in [3.63, 3.8) is 0 Å². The molecule has 10 nitrogen and oxygen atoms in total. The van der Waals surface area contributed by atoms with Crippen molar-refractivity contribution in [3.05, 3.63) is 154 Å². The second-order valence-electron chi connectivity index (χ2n) is 37.8. The van der Waals surface area contributed by atoms with E-state index in [1.165, 1.54) is 199 Å². The summed E-state index contributed by atoms with van der Waals surface area (Å²) in [6.07, 6.45) is 33.0. The molecule has 24 heteroatoms. The zero-order valence-corrected chi connectivity index (χ0v) is 96.6. The van der Waals surface area contributed by atoms with Crippen molar-refractivity contribution in [1.82, 2.24) is 9.80 Å². The Morgan fingerprint density at radius 3 is 0.953 bits per heavy atom. The molecule has 0 N–H and O–H groups in total. The van der Waals surface area contributed by atoms with Gasteiger partial charge in [-0.1, -0.05) is 144 Å². The Hall–Kier alpha value is -2.32. The predicted molar refractivity (Wildman–Crippen MR) is 571 cm³/mol. The molecule has 0 saturated heterocycles. The molecule has 0 radical (unpaired) electrons. The van der Waals surface area contributed by atoms with Gasteiger partial charge in [0.15, 0.2) is 0 Å². The van der Waals surface area contributed by atoms with Crippen LogP contribution in [0.2, 0.25) is 29.6 Å². The molecule has 10 aromatic rings. The average molecular weight is 2270 g/mol. The summed E-state index contributed by atoms with van der Waals surface area (Å²) in [6, 6.07) is 26.5. The van der Waals surface area contributed by atoms with Gasteiger partial charge in [0.25, 0.3) is 23.6 Å². The number of fused-ring (bicyclic) bond motifs is 6. The van der Waals surface area contributed by atoms with Crippen LogP contribution in [0.4, 0.5) is 0 Å². The Balaban J connectivity index is 0.000000187. The van der Waals surface area contributed by atoms with Crippen LogP contribution in [0, 0.1) is 37.5 Å². The van der Waals surface area contributed by atoms with Gasteiger partial charge in [-0.15, -0.1) is 90.7 Å². The Bertz CT molecular complexity index is 5000. The van der Waals surface area contributed by atoms with Crippen molar-refractivity contribution >= 4 is 211 Å². The number of aryl methyl sites for hydroxylation is 2. The molecular formula is C104H142Br2N2O8S10Sn2. The van der Waals surface area contributed by atoms with Gasteiger partial charge < -0.3 is 9.47 Å². The van der Waals surface area contributed by atoms with Gasteiger partial charge >= 0.3 is 254 Å². The van der Waals surface area contributed by atoms with Crippen LogP contribution in [0.5, 0.6) is 0 Å². The van der Waals surface area contributed by atoms with Gasteiger partial charge in [-0.2, -0.15) is 0 Å². The number of hydrogen-bond acceptors (Lipinski definition) is 18. The van der Waals surface area contributed by atoms with Gasteiger partial charge in [0.2, 0.25) is 0 Å². The molecule has 0 spiro atoms. The maximum atomic E-state index is 14.3. The van der Waals surface area contributed by atoms with Crippen LogP contribution in [-0.2, 0) is 18.9 Å². The van der Waals surface area contributed by atoms with Crippen LogP contribution in [0.15, 0.2) is 80.4 Å². The molecular weight excluding hydrogens is 2120 g/mol. The van der Waals surface area contributed by atoms with Gasteiger partial charge in [0.1, 0.15) is 12.2 Å². The summed E-state index contributed by atoms with van der Waals surface area (Å²) in [4.78, 5) is 91.5. The molecule has 8 atom stereocenters. The van der Waals surface area contributed by atoms with Crippen LogP contribution < -0.4 is 5.79 Å². The number of imide groups is 2. The number of hydrogen-bond donors (Lipinski definition) is 0. The fraction of sp³-hybridized carbons (Fsp3) is 0.577. The van der Waals surface area contributed by atoms with E-state index in [0.29, 0.717) is 59.0 Å². The van der Waals surface area contributed by atoms with Crippen molar-refractivity contribution in [2.45, 2.75) is 317 Å². The molecule has 2 aliphatic carbocycles. The SMILES string of the molecule is CCCCC(CC)COC1c2c[c]([Sn]([CH3])([CH3])[CH3])sc2C(OCC(CC)CCCC)c2c[c]([Sn]([CH3])([CH3])[CH3])sc21.CCCCCCCCN1C(=O)c2c(-c3ccc(Br)s3)sc(-c3ccc(Br)s3)c2C1=O.CCCCCCCCN1C(=O)c2c(-c3ccc(C)s3)sc(-c3ccc(-c4cc5c(s4)C(OCC(CC)CCCC)c4cc(C)sc4C5OCC(CC)CCCC)s3)c2C1=O. The molecule has 14 rings (SSSR count). The third kappa shape index (κ3) is 25.6. The van der Waals surface area contributed by atoms with E-state index >= 15 is 0 Å². The van der Waals surface area contributed by atoms with Crippen LogP contribution in [0.1, 0.15) is 366 Å². The summed E-state index contributed by atoms with van der Waals surface area (Å²) in [5, 5.41) is 0. The third-order valence-electron chi connectivity index (χ3n) is 25.8. The molecule has 4 amide bonds. The third-order valence-corrected chi connectivity index (χ3v) is 57.9. The number of carbonyl (C=O) groups excluding carboxylic acids is 4. The zero-order valence-electron chi connectivity index (χ0n) is 79.6. The van der Waals surface area contributed by atoms with Crippen molar-refractivity contribution < 1.29 is 38.1 Å². The second-order valence-corrected chi connectivity index (χ2v) is 82.6. The zero-order chi connectivity index (χ0) is 91.7. The number of unbranched alkanes of at least 4 members (excludes halogenated alkanes) is 14. The van der Waals surface area contributed by atoms with Gasteiger partial charge in [0, 0.05) is 73.0 Å². The van der Waals surface area contributed by atoms with Gasteiger partial charge in [0.05, 0.1) is 62.5 Å². The molecule has 0 bridgehead atoms. The molecule has 10 aromatic heterocycles. The number of rotatable bonds is 49. The predicted octanol–water partition coefficient (Wildman–Crippen LogP) is 35.1. The van der Waals surface area contributed by atoms with Gasteiger partial charge in [-0.3, -0.25) is 29.0 Å². The van der Waals surface area contributed by atoms with E-state index in [4.69, 9.17) is 18.9 Å². The molecule has 0 aromatic carbocycles. The number of ether oxygens (including phenoxy) is 4. The first kappa shape index (κ1) is 105. The van der Waals surface area contributed by atoms with Crippen LogP contribution in [0.3, 0.4) is 0 Å². The monoisotopic (exact) mass is 2260 g/mol. The number of amides is 4. The molecule has 128 heavy (non-hydrogen) atoms. The van der Waals surface area contributed by atoms with E-state index in [-0.39, 0.29) is 48.0 Å². The van der Waals surface area contributed by atoms with E-state index in [2.05, 4.69) is 216 Å². The number of nitrogens with zero attached hydrogens (tertiary/aromatic N) is 2. The molecule has 0 fully saturated rings. The van der Waals surface area contributed by atoms with E-state index in [0.717, 1.165) is 124 Å². The average Bonchev–Trinajstić information content (AvgIpc) is 1.58. The summed E-state index contributed by atoms with van der Waals surface area (Å²) < 4.78 is 33.4. The summed E-state index contributed by atoms with van der Waals surface area (Å²) in [7, 11) is 0.